The Bertz CT molecular complexity index is 548. The van der Waals surface area contributed by atoms with Crippen molar-refractivity contribution in [3.05, 3.63) is 36.5 Å². The average molecular weight is 319 g/mol. The number of pyridine rings is 1. The summed E-state index contributed by atoms with van der Waals surface area (Å²) in [6.07, 6.45) is 7.06. The van der Waals surface area contributed by atoms with E-state index >= 15 is 0 Å². The van der Waals surface area contributed by atoms with Gasteiger partial charge in [0.05, 0.1) is 0 Å². The molecule has 0 bridgehead atoms. The molecule has 0 aliphatic carbocycles. The van der Waals surface area contributed by atoms with E-state index in [1.165, 1.54) is 42.3 Å². The second kappa shape index (κ2) is 5.91. The van der Waals surface area contributed by atoms with E-state index in [9.17, 15) is 0 Å². The molecule has 0 N–H and O–H groups in total. The van der Waals surface area contributed by atoms with Gasteiger partial charge >= 0.3 is 0 Å². The van der Waals surface area contributed by atoms with Gasteiger partial charge in [0.2, 0.25) is 0 Å². The molecule has 0 saturated carbocycles. The maximum absolute atomic E-state index is 4.67. The molecule has 100 valence electrons. The minimum atomic E-state index is 0.631. The maximum atomic E-state index is 4.67. The second-order valence-corrected chi connectivity index (χ2v) is 5.97. The number of benzene rings is 1. The minimum Gasteiger partial charge on any atom is -0.353 e. The Morgan fingerprint density at radius 3 is 3.00 bits per heavy atom. The summed E-state index contributed by atoms with van der Waals surface area (Å²) in [6.45, 7) is 1.14. The van der Waals surface area contributed by atoms with Crippen LogP contribution >= 0.6 is 15.9 Å². The summed E-state index contributed by atoms with van der Waals surface area (Å²) in [5.74, 6) is 1.17. The molecule has 0 amide bonds. The fraction of sp³-hybridized carbons (Fsp3) is 0.438. The molecule has 3 rings (SSSR count). The smallest absolute Gasteiger partial charge is 0.136 e. The molecule has 3 heteroatoms. The van der Waals surface area contributed by atoms with Crippen LogP contribution in [0.4, 0.5) is 5.82 Å². The van der Waals surface area contributed by atoms with Crippen LogP contribution in [0.5, 0.6) is 0 Å². The van der Waals surface area contributed by atoms with E-state index in [1.54, 1.807) is 0 Å². The largest absolute Gasteiger partial charge is 0.353 e. The summed E-state index contributed by atoms with van der Waals surface area (Å²) in [5.41, 5.74) is 0. The summed E-state index contributed by atoms with van der Waals surface area (Å²) in [5, 5.41) is 3.64. The predicted octanol–water partition coefficient (Wildman–Crippen LogP) is 4.38. The zero-order valence-electron chi connectivity index (χ0n) is 11.1. The molecule has 1 unspecified atom stereocenters. The summed E-state index contributed by atoms with van der Waals surface area (Å²) in [7, 11) is 0. The number of hydrogen-bond donors (Lipinski definition) is 0. The Kier molecular flexibility index (Phi) is 4.02. The van der Waals surface area contributed by atoms with Crippen LogP contribution in [-0.4, -0.2) is 22.9 Å². The predicted molar refractivity (Wildman–Crippen MR) is 85.1 cm³/mol. The number of halogens is 1. The lowest BCUT2D eigenvalue weighted by molar-refractivity contribution is 0.450. The van der Waals surface area contributed by atoms with Crippen LogP contribution in [0.3, 0.4) is 0 Å². The minimum absolute atomic E-state index is 0.631. The highest BCUT2D eigenvalue weighted by Crippen LogP contribution is 2.30. The highest BCUT2D eigenvalue weighted by Gasteiger charge is 2.24. The van der Waals surface area contributed by atoms with Gasteiger partial charge in [-0.15, -0.1) is 0 Å². The van der Waals surface area contributed by atoms with Gasteiger partial charge in [0.1, 0.15) is 5.82 Å². The van der Waals surface area contributed by atoms with Gasteiger partial charge in [-0.3, -0.25) is 0 Å². The van der Waals surface area contributed by atoms with Crippen molar-refractivity contribution in [2.45, 2.75) is 31.7 Å². The monoisotopic (exact) mass is 318 g/mol. The summed E-state index contributed by atoms with van der Waals surface area (Å²) < 4.78 is 0. The van der Waals surface area contributed by atoms with E-state index in [2.05, 4.69) is 56.1 Å². The van der Waals surface area contributed by atoms with Gasteiger partial charge in [-0.1, -0.05) is 40.2 Å². The summed E-state index contributed by atoms with van der Waals surface area (Å²) >= 11 is 3.59. The molecular weight excluding hydrogens is 300 g/mol. The van der Waals surface area contributed by atoms with Crippen LogP contribution in [0.25, 0.3) is 10.8 Å². The normalized spacial score (nSPS) is 19.8. The van der Waals surface area contributed by atoms with Gasteiger partial charge in [0, 0.05) is 29.5 Å². The SMILES string of the molecule is BrCCC1CCCCN1c1nccc2ccccc12. The average Bonchev–Trinajstić information content (AvgIpc) is 2.48. The van der Waals surface area contributed by atoms with Crippen LogP contribution < -0.4 is 4.90 Å². The van der Waals surface area contributed by atoms with E-state index < -0.39 is 0 Å². The van der Waals surface area contributed by atoms with Crippen molar-refractivity contribution in [3.63, 3.8) is 0 Å². The van der Waals surface area contributed by atoms with Crippen molar-refractivity contribution < 1.29 is 0 Å². The number of aromatic nitrogens is 1. The molecule has 2 aromatic rings. The van der Waals surface area contributed by atoms with Crippen molar-refractivity contribution in [1.29, 1.82) is 0 Å². The van der Waals surface area contributed by atoms with Crippen LogP contribution in [0, 0.1) is 0 Å². The van der Waals surface area contributed by atoms with E-state index in [1.807, 2.05) is 6.20 Å². The molecule has 1 aromatic heterocycles. The highest BCUT2D eigenvalue weighted by molar-refractivity contribution is 9.09. The number of nitrogens with zero attached hydrogens (tertiary/aromatic N) is 2. The molecule has 1 aromatic carbocycles. The van der Waals surface area contributed by atoms with Crippen molar-refractivity contribution in [3.8, 4) is 0 Å². The Balaban J connectivity index is 2.02. The lowest BCUT2D eigenvalue weighted by atomic mass is 9.99. The third kappa shape index (κ3) is 2.62. The molecule has 0 radical (unpaired) electrons. The van der Waals surface area contributed by atoms with Crippen LogP contribution in [0.15, 0.2) is 36.5 Å². The quantitative estimate of drug-likeness (QED) is 0.781. The van der Waals surface area contributed by atoms with Crippen molar-refractivity contribution in [2.75, 3.05) is 16.8 Å². The molecule has 2 nitrogen and oxygen atoms in total. The number of alkyl halides is 1. The van der Waals surface area contributed by atoms with E-state index in [4.69, 9.17) is 0 Å². The Morgan fingerprint density at radius 2 is 2.11 bits per heavy atom. The zero-order valence-corrected chi connectivity index (χ0v) is 12.6. The lowest BCUT2D eigenvalue weighted by Crippen LogP contribution is -2.40. The number of anilines is 1. The molecule has 0 spiro atoms. The van der Waals surface area contributed by atoms with Gasteiger partial charge in [-0.2, -0.15) is 0 Å². The molecule has 1 aliphatic heterocycles. The third-order valence-electron chi connectivity index (χ3n) is 3.99. The number of hydrogen-bond acceptors (Lipinski definition) is 2. The van der Waals surface area contributed by atoms with Gasteiger partial charge in [0.25, 0.3) is 0 Å². The van der Waals surface area contributed by atoms with Crippen LogP contribution in [0.1, 0.15) is 25.7 Å². The number of fused-ring (bicyclic) bond motifs is 1. The van der Waals surface area contributed by atoms with Crippen LogP contribution in [0.2, 0.25) is 0 Å². The molecule has 1 fully saturated rings. The zero-order chi connectivity index (χ0) is 13.1. The van der Waals surface area contributed by atoms with Crippen molar-refractivity contribution in [1.82, 2.24) is 4.98 Å². The Morgan fingerprint density at radius 1 is 1.21 bits per heavy atom. The first kappa shape index (κ1) is 12.9. The van der Waals surface area contributed by atoms with Crippen LogP contribution in [-0.2, 0) is 0 Å². The van der Waals surface area contributed by atoms with Gasteiger partial charge in [-0.25, -0.2) is 4.98 Å². The first-order valence-corrected chi connectivity index (χ1v) is 8.18. The standard InChI is InChI=1S/C16H19BrN2/c17-10-8-14-6-3-4-12-19(14)16-15-7-2-1-5-13(15)9-11-18-16/h1-2,5,7,9,11,14H,3-4,6,8,10,12H2. The first-order valence-electron chi connectivity index (χ1n) is 7.06. The fourth-order valence-corrected chi connectivity index (χ4v) is 3.57. The molecule has 1 saturated heterocycles. The maximum Gasteiger partial charge on any atom is 0.136 e. The van der Waals surface area contributed by atoms with Gasteiger partial charge < -0.3 is 4.90 Å². The van der Waals surface area contributed by atoms with Crippen molar-refractivity contribution >= 4 is 32.5 Å². The molecule has 1 aliphatic rings. The summed E-state index contributed by atoms with van der Waals surface area (Å²) in [4.78, 5) is 7.19. The van der Waals surface area contributed by atoms with Crippen molar-refractivity contribution in [2.24, 2.45) is 0 Å². The molecule has 19 heavy (non-hydrogen) atoms. The number of rotatable bonds is 3. The van der Waals surface area contributed by atoms with E-state index in [0.29, 0.717) is 6.04 Å². The molecular formula is C16H19BrN2. The topological polar surface area (TPSA) is 16.1 Å². The first-order chi connectivity index (χ1) is 9.40. The number of piperidine rings is 1. The third-order valence-corrected chi connectivity index (χ3v) is 4.45. The lowest BCUT2D eigenvalue weighted by Gasteiger charge is -2.37. The Labute approximate surface area is 123 Å². The second-order valence-electron chi connectivity index (χ2n) is 5.18. The van der Waals surface area contributed by atoms with E-state index in [0.717, 1.165) is 11.9 Å². The van der Waals surface area contributed by atoms with Gasteiger partial charge in [0.15, 0.2) is 0 Å². The van der Waals surface area contributed by atoms with E-state index in [-0.39, 0.29) is 0 Å². The highest BCUT2D eigenvalue weighted by atomic mass is 79.9. The fourth-order valence-electron chi connectivity index (χ4n) is 3.04. The molecule has 1 atom stereocenters. The molecule has 2 heterocycles. The Hall–Kier alpha value is -1.09. The summed E-state index contributed by atoms with van der Waals surface area (Å²) in [6, 6.07) is 11.3. The van der Waals surface area contributed by atoms with Gasteiger partial charge in [-0.05, 0) is 37.1 Å².